The molecule has 1 heterocycles. The SMILES string of the molecule is CCC(N)c1ccc(N2CCCC(N(C)C)C2)cc1. The summed E-state index contributed by atoms with van der Waals surface area (Å²) in [5.74, 6) is 0. The van der Waals surface area contributed by atoms with E-state index in [1.165, 1.54) is 30.6 Å². The van der Waals surface area contributed by atoms with Crippen LogP contribution in [0.1, 0.15) is 37.8 Å². The van der Waals surface area contributed by atoms with Crippen LogP contribution in [0, 0.1) is 0 Å². The molecule has 0 amide bonds. The Morgan fingerprint density at radius 1 is 1.32 bits per heavy atom. The summed E-state index contributed by atoms with van der Waals surface area (Å²) in [4.78, 5) is 4.84. The zero-order chi connectivity index (χ0) is 13.8. The molecule has 1 aliphatic heterocycles. The summed E-state index contributed by atoms with van der Waals surface area (Å²) in [6.45, 7) is 4.43. The van der Waals surface area contributed by atoms with Crippen LogP contribution in [-0.4, -0.2) is 38.1 Å². The Bertz CT molecular complexity index is 385. The minimum Gasteiger partial charge on any atom is -0.370 e. The van der Waals surface area contributed by atoms with Crippen molar-refractivity contribution in [2.24, 2.45) is 5.73 Å². The van der Waals surface area contributed by atoms with E-state index in [4.69, 9.17) is 5.73 Å². The largest absolute Gasteiger partial charge is 0.370 e. The second-order valence-corrected chi connectivity index (χ2v) is 5.81. The van der Waals surface area contributed by atoms with Crippen LogP contribution < -0.4 is 10.6 Å². The first-order chi connectivity index (χ1) is 9.11. The molecule has 1 aromatic carbocycles. The van der Waals surface area contributed by atoms with Gasteiger partial charge in [-0.3, -0.25) is 0 Å². The third kappa shape index (κ3) is 3.48. The Labute approximate surface area is 117 Å². The summed E-state index contributed by atoms with van der Waals surface area (Å²) in [5.41, 5.74) is 8.64. The van der Waals surface area contributed by atoms with Gasteiger partial charge in [-0.2, -0.15) is 0 Å². The number of nitrogens with two attached hydrogens (primary N) is 1. The maximum Gasteiger partial charge on any atom is 0.0366 e. The Balaban J connectivity index is 2.05. The first-order valence-corrected chi connectivity index (χ1v) is 7.38. The number of anilines is 1. The maximum absolute atomic E-state index is 6.06. The van der Waals surface area contributed by atoms with E-state index in [-0.39, 0.29) is 6.04 Å². The third-order valence-electron chi connectivity index (χ3n) is 4.25. The van der Waals surface area contributed by atoms with E-state index in [1.54, 1.807) is 0 Å². The molecule has 1 saturated heterocycles. The van der Waals surface area contributed by atoms with Gasteiger partial charge in [-0.15, -0.1) is 0 Å². The van der Waals surface area contributed by atoms with Gasteiger partial charge < -0.3 is 15.5 Å². The molecule has 0 saturated carbocycles. The minimum absolute atomic E-state index is 0.171. The number of hydrogen-bond donors (Lipinski definition) is 1. The number of hydrogen-bond acceptors (Lipinski definition) is 3. The van der Waals surface area contributed by atoms with Crippen molar-refractivity contribution in [3.05, 3.63) is 29.8 Å². The summed E-state index contributed by atoms with van der Waals surface area (Å²) < 4.78 is 0. The predicted molar refractivity (Wildman–Crippen MR) is 82.6 cm³/mol. The predicted octanol–water partition coefficient (Wildman–Crippen LogP) is 2.63. The van der Waals surface area contributed by atoms with Gasteiger partial charge in [-0.1, -0.05) is 19.1 Å². The number of nitrogens with zero attached hydrogens (tertiary/aromatic N) is 2. The lowest BCUT2D eigenvalue weighted by molar-refractivity contribution is 0.258. The molecule has 0 bridgehead atoms. The van der Waals surface area contributed by atoms with Crippen molar-refractivity contribution in [2.45, 2.75) is 38.3 Å². The quantitative estimate of drug-likeness (QED) is 0.904. The van der Waals surface area contributed by atoms with Gasteiger partial charge in [-0.25, -0.2) is 0 Å². The fourth-order valence-electron chi connectivity index (χ4n) is 2.78. The zero-order valence-electron chi connectivity index (χ0n) is 12.5. The molecule has 2 N–H and O–H groups in total. The average Bonchev–Trinajstić information content (AvgIpc) is 2.46. The van der Waals surface area contributed by atoms with Crippen molar-refractivity contribution < 1.29 is 0 Å². The maximum atomic E-state index is 6.06. The lowest BCUT2D eigenvalue weighted by atomic mass is 10.0. The fourth-order valence-corrected chi connectivity index (χ4v) is 2.78. The highest BCUT2D eigenvalue weighted by molar-refractivity contribution is 5.48. The lowest BCUT2D eigenvalue weighted by Gasteiger charge is -2.37. The second kappa shape index (κ2) is 6.40. The lowest BCUT2D eigenvalue weighted by Crippen LogP contribution is -2.45. The van der Waals surface area contributed by atoms with E-state index < -0.39 is 0 Å². The summed E-state index contributed by atoms with van der Waals surface area (Å²) in [6.07, 6.45) is 3.58. The Hall–Kier alpha value is -1.06. The van der Waals surface area contributed by atoms with Crippen LogP contribution in [0.4, 0.5) is 5.69 Å². The topological polar surface area (TPSA) is 32.5 Å². The van der Waals surface area contributed by atoms with Gasteiger partial charge in [0, 0.05) is 30.9 Å². The summed E-state index contributed by atoms with van der Waals surface area (Å²) >= 11 is 0. The smallest absolute Gasteiger partial charge is 0.0366 e. The van der Waals surface area contributed by atoms with E-state index in [9.17, 15) is 0 Å². The van der Waals surface area contributed by atoms with Gasteiger partial charge in [0.2, 0.25) is 0 Å². The highest BCUT2D eigenvalue weighted by Crippen LogP contribution is 2.23. The van der Waals surface area contributed by atoms with Crippen LogP contribution in [0.3, 0.4) is 0 Å². The van der Waals surface area contributed by atoms with Gasteiger partial charge in [0.05, 0.1) is 0 Å². The van der Waals surface area contributed by atoms with Crippen LogP contribution in [0.25, 0.3) is 0 Å². The van der Waals surface area contributed by atoms with Crippen LogP contribution >= 0.6 is 0 Å². The molecule has 1 fully saturated rings. The van der Waals surface area contributed by atoms with Crippen molar-refractivity contribution in [3.63, 3.8) is 0 Å². The number of rotatable bonds is 4. The summed E-state index contributed by atoms with van der Waals surface area (Å²) in [6, 6.07) is 9.66. The third-order valence-corrected chi connectivity index (χ3v) is 4.25. The Kier molecular flexibility index (Phi) is 4.83. The summed E-state index contributed by atoms with van der Waals surface area (Å²) in [7, 11) is 4.36. The standard InChI is InChI=1S/C16H27N3/c1-4-16(17)13-7-9-14(10-8-13)19-11-5-6-15(12-19)18(2)3/h7-10,15-16H,4-6,11-12,17H2,1-3H3. The first-order valence-electron chi connectivity index (χ1n) is 7.38. The average molecular weight is 261 g/mol. The van der Waals surface area contributed by atoms with E-state index in [2.05, 4.69) is 55.1 Å². The molecule has 2 atom stereocenters. The molecule has 0 radical (unpaired) electrons. The minimum atomic E-state index is 0.171. The van der Waals surface area contributed by atoms with Gasteiger partial charge in [0.25, 0.3) is 0 Å². The van der Waals surface area contributed by atoms with Gasteiger partial charge in [0.1, 0.15) is 0 Å². The molecule has 2 unspecified atom stereocenters. The highest BCUT2D eigenvalue weighted by Gasteiger charge is 2.21. The highest BCUT2D eigenvalue weighted by atomic mass is 15.2. The molecule has 0 aromatic heterocycles. The number of benzene rings is 1. The van der Waals surface area contributed by atoms with Gasteiger partial charge >= 0.3 is 0 Å². The number of likely N-dealkylation sites (N-methyl/N-ethyl adjacent to an activating group) is 1. The second-order valence-electron chi connectivity index (χ2n) is 5.81. The van der Waals surface area contributed by atoms with Crippen LogP contribution in [-0.2, 0) is 0 Å². The van der Waals surface area contributed by atoms with Crippen LogP contribution in [0.5, 0.6) is 0 Å². The number of piperidine rings is 1. The van der Waals surface area contributed by atoms with E-state index >= 15 is 0 Å². The van der Waals surface area contributed by atoms with Crippen molar-refractivity contribution in [1.82, 2.24) is 4.90 Å². The molecule has 19 heavy (non-hydrogen) atoms. The Morgan fingerprint density at radius 2 is 2.00 bits per heavy atom. The van der Waals surface area contributed by atoms with Gasteiger partial charge in [0.15, 0.2) is 0 Å². The molecule has 1 aliphatic rings. The van der Waals surface area contributed by atoms with E-state index in [0.29, 0.717) is 6.04 Å². The summed E-state index contributed by atoms with van der Waals surface area (Å²) in [5, 5.41) is 0. The molecular weight excluding hydrogens is 234 g/mol. The normalized spacial score (nSPS) is 21.7. The van der Waals surface area contributed by atoms with Crippen LogP contribution in [0.2, 0.25) is 0 Å². The fraction of sp³-hybridized carbons (Fsp3) is 0.625. The van der Waals surface area contributed by atoms with Crippen molar-refractivity contribution >= 4 is 5.69 Å². The van der Waals surface area contributed by atoms with E-state index in [1.807, 2.05) is 0 Å². The van der Waals surface area contributed by atoms with Crippen molar-refractivity contribution in [1.29, 1.82) is 0 Å². The van der Waals surface area contributed by atoms with Crippen LogP contribution in [0.15, 0.2) is 24.3 Å². The molecular formula is C16H27N3. The monoisotopic (exact) mass is 261 g/mol. The Morgan fingerprint density at radius 3 is 2.58 bits per heavy atom. The van der Waals surface area contributed by atoms with Crippen molar-refractivity contribution in [2.75, 3.05) is 32.1 Å². The molecule has 2 rings (SSSR count). The first kappa shape index (κ1) is 14.4. The zero-order valence-corrected chi connectivity index (χ0v) is 12.5. The van der Waals surface area contributed by atoms with E-state index in [0.717, 1.165) is 13.0 Å². The molecule has 0 aliphatic carbocycles. The van der Waals surface area contributed by atoms with Crippen molar-refractivity contribution in [3.8, 4) is 0 Å². The van der Waals surface area contributed by atoms with Gasteiger partial charge in [-0.05, 0) is 51.1 Å². The molecule has 3 nitrogen and oxygen atoms in total. The molecule has 1 aromatic rings. The molecule has 106 valence electrons. The molecule has 3 heteroatoms. The molecule has 0 spiro atoms.